The van der Waals surface area contributed by atoms with E-state index in [4.69, 9.17) is 9.84 Å². The molecule has 1 aliphatic rings. The van der Waals surface area contributed by atoms with Gasteiger partial charge in [0, 0.05) is 11.1 Å². The van der Waals surface area contributed by atoms with Crippen LogP contribution in [-0.4, -0.2) is 23.0 Å². The maximum absolute atomic E-state index is 13.2. The van der Waals surface area contributed by atoms with Crippen molar-refractivity contribution in [2.24, 2.45) is 5.92 Å². The maximum atomic E-state index is 13.2. The Bertz CT molecular complexity index is 754. The van der Waals surface area contributed by atoms with Crippen molar-refractivity contribution in [1.29, 1.82) is 0 Å². The highest BCUT2D eigenvalue weighted by atomic mass is 19.1. The first kappa shape index (κ1) is 16.2. The van der Waals surface area contributed by atoms with E-state index in [2.05, 4.69) is 0 Å². The second-order valence-corrected chi connectivity index (χ2v) is 5.95. The van der Waals surface area contributed by atoms with Crippen molar-refractivity contribution in [1.82, 2.24) is 0 Å². The van der Waals surface area contributed by atoms with Gasteiger partial charge in [-0.05, 0) is 55.7 Å². The van der Waals surface area contributed by atoms with Gasteiger partial charge in [-0.3, -0.25) is 9.59 Å². The zero-order valence-electron chi connectivity index (χ0n) is 12.9. The van der Waals surface area contributed by atoms with E-state index in [1.54, 1.807) is 30.3 Å². The third kappa shape index (κ3) is 3.62. The van der Waals surface area contributed by atoms with Gasteiger partial charge in [-0.1, -0.05) is 12.1 Å². The molecule has 0 aliphatic heterocycles. The molecule has 124 valence electrons. The van der Waals surface area contributed by atoms with Crippen LogP contribution in [0.25, 0.3) is 0 Å². The lowest BCUT2D eigenvalue weighted by molar-refractivity contribution is -0.141. The average molecular weight is 328 g/mol. The second-order valence-electron chi connectivity index (χ2n) is 5.95. The zero-order valence-corrected chi connectivity index (χ0v) is 12.9. The number of benzene rings is 2. The second kappa shape index (κ2) is 6.83. The smallest absolute Gasteiger partial charge is 0.306 e. The number of halogens is 1. The molecule has 24 heavy (non-hydrogen) atoms. The molecular weight excluding hydrogens is 311 g/mol. The molecule has 1 saturated carbocycles. The molecule has 0 unspecified atom stereocenters. The normalized spacial score (nSPS) is 19.9. The molecule has 0 heterocycles. The molecule has 1 fully saturated rings. The third-order valence-corrected chi connectivity index (χ3v) is 4.24. The van der Waals surface area contributed by atoms with E-state index < -0.39 is 11.8 Å². The predicted molar refractivity (Wildman–Crippen MR) is 85.7 cm³/mol. The Balaban J connectivity index is 1.65. The summed E-state index contributed by atoms with van der Waals surface area (Å²) in [5.74, 6) is -1.23. The number of carboxylic acid groups (broad SMARTS) is 1. The number of ketones is 1. The summed E-state index contributed by atoms with van der Waals surface area (Å²) >= 11 is 0. The van der Waals surface area contributed by atoms with Gasteiger partial charge in [0.2, 0.25) is 0 Å². The first-order chi connectivity index (χ1) is 11.5. The van der Waals surface area contributed by atoms with Gasteiger partial charge >= 0.3 is 5.97 Å². The number of aliphatic carboxylic acids is 1. The molecular formula is C19H17FO4. The molecule has 0 saturated heterocycles. The Morgan fingerprint density at radius 1 is 1.04 bits per heavy atom. The Morgan fingerprint density at radius 3 is 2.42 bits per heavy atom. The van der Waals surface area contributed by atoms with E-state index in [1.807, 2.05) is 0 Å². The van der Waals surface area contributed by atoms with Gasteiger partial charge in [0.15, 0.2) is 5.78 Å². The van der Waals surface area contributed by atoms with Crippen molar-refractivity contribution in [3.63, 3.8) is 0 Å². The number of rotatable bonds is 5. The van der Waals surface area contributed by atoms with Crippen LogP contribution in [0.5, 0.6) is 5.75 Å². The van der Waals surface area contributed by atoms with Crippen molar-refractivity contribution in [3.8, 4) is 5.75 Å². The van der Waals surface area contributed by atoms with Crippen LogP contribution in [0.3, 0.4) is 0 Å². The van der Waals surface area contributed by atoms with Crippen LogP contribution in [0.4, 0.5) is 4.39 Å². The van der Waals surface area contributed by atoms with E-state index in [0.29, 0.717) is 36.1 Å². The highest BCUT2D eigenvalue weighted by Crippen LogP contribution is 2.29. The van der Waals surface area contributed by atoms with Crippen molar-refractivity contribution < 1.29 is 23.8 Å². The topological polar surface area (TPSA) is 63.6 Å². The van der Waals surface area contributed by atoms with Gasteiger partial charge in [-0.25, -0.2) is 4.39 Å². The molecule has 2 aromatic rings. The van der Waals surface area contributed by atoms with Crippen molar-refractivity contribution in [2.45, 2.75) is 25.4 Å². The fourth-order valence-electron chi connectivity index (χ4n) is 2.95. The van der Waals surface area contributed by atoms with Gasteiger partial charge in [0.25, 0.3) is 0 Å². The Kier molecular flexibility index (Phi) is 4.60. The molecule has 0 bridgehead atoms. The first-order valence-corrected chi connectivity index (χ1v) is 7.83. The number of carbonyl (C=O) groups is 2. The summed E-state index contributed by atoms with van der Waals surface area (Å²) in [7, 11) is 0. The van der Waals surface area contributed by atoms with Crippen molar-refractivity contribution >= 4 is 11.8 Å². The minimum absolute atomic E-state index is 0.115. The molecule has 0 amide bonds. The molecule has 0 radical (unpaired) electrons. The van der Waals surface area contributed by atoms with Gasteiger partial charge in [-0.2, -0.15) is 0 Å². The average Bonchev–Trinajstić information content (AvgIpc) is 3.04. The van der Waals surface area contributed by atoms with Gasteiger partial charge in [0.1, 0.15) is 11.6 Å². The number of carboxylic acids is 1. The number of hydrogen-bond acceptors (Lipinski definition) is 3. The molecule has 5 heteroatoms. The molecule has 0 aromatic heterocycles. The summed E-state index contributed by atoms with van der Waals surface area (Å²) in [6.45, 7) is 0. The maximum Gasteiger partial charge on any atom is 0.306 e. The number of ether oxygens (including phenoxy) is 1. The molecule has 1 N–H and O–H groups in total. The van der Waals surface area contributed by atoms with E-state index in [9.17, 15) is 14.0 Å². The lowest BCUT2D eigenvalue weighted by Crippen LogP contribution is -2.15. The highest BCUT2D eigenvalue weighted by molar-refractivity contribution is 6.09. The summed E-state index contributed by atoms with van der Waals surface area (Å²) in [4.78, 5) is 23.3. The van der Waals surface area contributed by atoms with Gasteiger partial charge in [-0.15, -0.1) is 0 Å². The standard InChI is InChI=1S/C19H17FO4/c20-15-3-1-2-13(10-15)18(21)12-4-7-16(8-5-12)24-17-9-6-14(11-17)19(22)23/h1-5,7-8,10,14,17H,6,9,11H2,(H,22,23)/t14-,17-/m0/s1. The Morgan fingerprint density at radius 2 is 1.79 bits per heavy atom. The SMILES string of the molecule is O=C(c1ccc(O[C@H]2CC[C@H](C(=O)O)C2)cc1)c1cccc(F)c1. The molecule has 3 rings (SSSR count). The quantitative estimate of drug-likeness (QED) is 0.850. The molecule has 4 nitrogen and oxygen atoms in total. The number of hydrogen-bond donors (Lipinski definition) is 1. The van der Waals surface area contributed by atoms with Gasteiger partial charge < -0.3 is 9.84 Å². The van der Waals surface area contributed by atoms with E-state index in [0.717, 1.165) is 0 Å². The lowest BCUT2D eigenvalue weighted by atomic mass is 10.0. The third-order valence-electron chi connectivity index (χ3n) is 4.24. The minimum Gasteiger partial charge on any atom is -0.490 e. The van der Waals surface area contributed by atoms with Crippen LogP contribution in [0.2, 0.25) is 0 Å². The van der Waals surface area contributed by atoms with Crippen LogP contribution in [0.15, 0.2) is 48.5 Å². The summed E-state index contributed by atoms with van der Waals surface area (Å²) < 4.78 is 19.0. The molecule has 0 spiro atoms. The fraction of sp³-hybridized carbons (Fsp3) is 0.263. The molecule has 2 atom stereocenters. The van der Waals surface area contributed by atoms with E-state index in [-0.39, 0.29) is 17.8 Å². The summed E-state index contributed by atoms with van der Waals surface area (Å²) in [6, 6.07) is 12.2. The fourth-order valence-corrected chi connectivity index (χ4v) is 2.95. The van der Waals surface area contributed by atoms with Crippen LogP contribution in [0.1, 0.15) is 35.2 Å². The Hall–Kier alpha value is -2.69. The summed E-state index contributed by atoms with van der Waals surface area (Å²) in [6.07, 6.45) is 1.71. The zero-order chi connectivity index (χ0) is 17.1. The van der Waals surface area contributed by atoms with E-state index >= 15 is 0 Å². The minimum atomic E-state index is -0.780. The van der Waals surface area contributed by atoms with Crippen LogP contribution < -0.4 is 4.74 Å². The number of carbonyl (C=O) groups excluding carboxylic acids is 1. The first-order valence-electron chi connectivity index (χ1n) is 7.83. The van der Waals surface area contributed by atoms with Crippen LogP contribution in [-0.2, 0) is 4.79 Å². The molecule has 1 aliphatic carbocycles. The van der Waals surface area contributed by atoms with Crippen molar-refractivity contribution in [2.75, 3.05) is 0 Å². The predicted octanol–water partition coefficient (Wildman–Crippen LogP) is 3.69. The Labute approximate surface area is 138 Å². The van der Waals surface area contributed by atoms with Crippen LogP contribution >= 0.6 is 0 Å². The largest absolute Gasteiger partial charge is 0.490 e. The summed E-state index contributed by atoms with van der Waals surface area (Å²) in [5.41, 5.74) is 0.742. The van der Waals surface area contributed by atoms with E-state index in [1.165, 1.54) is 18.2 Å². The van der Waals surface area contributed by atoms with Gasteiger partial charge in [0.05, 0.1) is 12.0 Å². The monoisotopic (exact) mass is 328 g/mol. The van der Waals surface area contributed by atoms with Crippen molar-refractivity contribution in [3.05, 3.63) is 65.5 Å². The summed E-state index contributed by atoms with van der Waals surface area (Å²) in [5, 5.41) is 9.00. The van der Waals surface area contributed by atoms with Crippen LogP contribution in [0, 0.1) is 11.7 Å². The molecule has 2 aromatic carbocycles. The lowest BCUT2D eigenvalue weighted by Gasteiger charge is -2.13. The highest BCUT2D eigenvalue weighted by Gasteiger charge is 2.30.